The third kappa shape index (κ3) is 4.17. The Kier molecular flexibility index (Phi) is 5.30. The quantitative estimate of drug-likeness (QED) is 0.261. The van der Waals surface area contributed by atoms with Crippen LogP contribution in [0.5, 0.6) is 0 Å². The van der Waals surface area contributed by atoms with Crippen molar-refractivity contribution in [2.75, 3.05) is 12.4 Å². The normalized spacial score (nSPS) is 13.1. The smallest absolute Gasteiger partial charge is 0.341 e. The van der Waals surface area contributed by atoms with Gasteiger partial charge in [0, 0.05) is 29.0 Å². The molecule has 5 heteroatoms. The van der Waals surface area contributed by atoms with Crippen molar-refractivity contribution in [1.82, 2.24) is 9.97 Å². The summed E-state index contributed by atoms with van der Waals surface area (Å²) in [6.45, 7) is 0. The highest BCUT2D eigenvalue weighted by Gasteiger charge is 2.26. The van der Waals surface area contributed by atoms with E-state index >= 15 is 0 Å². The fraction of sp³-hybridized carbons (Fsp3) is 0.133. The van der Waals surface area contributed by atoms with Crippen LogP contribution in [0.1, 0.15) is 34.7 Å². The Bertz CT molecular complexity index is 1530. The average molecular weight is 460 g/mol. The second kappa shape index (κ2) is 8.76. The molecule has 1 saturated carbocycles. The fourth-order valence-electron chi connectivity index (χ4n) is 4.59. The molecule has 35 heavy (non-hydrogen) atoms. The van der Waals surface area contributed by atoms with Crippen LogP contribution in [0.25, 0.3) is 33.2 Å². The molecular weight excluding hydrogens is 434 g/mol. The molecule has 2 heterocycles. The average Bonchev–Trinajstić information content (AvgIpc) is 3.65. The molecule has 172 valence electrons. The van der Waals surface area contributed by atoms with Crippen molar-refractivity contribution >= 4 is 28.4 Å². The van der Waals surface area contributed by atoms with E-state index in [4.69, 9.17) is 4.74 Å². The van der Waals surface area contributed by atoms with Gasteiger partial charge in [0.05, 0.1) is 12.6 Å². The molecule has 3 aromatic carbocycles. The Hall–Kier alpha value is -4.38. The van der Waals surface area contributed by atoms with E-state index in [2.05, 4.69) is 82.0 Å². The second-order valence-corrected chi connectivity index (χ2v) is 8.97. The van der Waals surface area contributed by atoms with Gasteiger partial charge in [-0.15, -0.1) is 0 Å². The van der Waals surface area contributed by atoms with Crippen LogP contribution in [0.3, 0.4) is 0 Å². The van der Waals surface area contributed by atoms with Crippen LogP contribution in [0.15, 0.2) is 91.3 Å². The fourth-order valence-corrected chi connectivity index (χ4v) is 4.59. The van der Waals surface area contributed by atoms with Crippen LogP contribution >= 0.6 is 0 Å². The number of nitrogens with zero attached hydrogens (tertiary/aromatic N) is 1. The Balaban J connectivity index is 1.42. The number of carbonyl (C=O) groups excluding carboxylic acids is 1. The van der Waals surface area contributed by atoms with Gasteiger partial charge in [0.15, 0.2) is 0 Å². The van der Waals surface area contributed by atoms with Crippen LogP contribution in [0, 0.1) is 0 Å². The van der Waals surface area contributed by atoms with Crippen molar-refractivity contribution in [3.8, 4) is 22.3 Å². The molecule has 2 N–H and O–H groups in total. The zero-order valence-electron chi connectivity index (χ0n) is 19.4. The molecule has 0 radical (unpaired) electrons. The second-order valence-electron chi connectivity index (χ2n) is 8.97. The van der Waals surface area contributed by atoms with Crippen LogP contribution in [0.2, 0.25) is 0 Å². The first-order valence-corrected chi connectivity index (χ1v) is 11.8. The number of carbonyl (C=O) groups is 1. The number of hydrogen-bond donors (Lipinski definition) is 2. The maximum atomic E-state index is 12.5. The lowest BCUT2D eigenvalue weighted by molar-refractivity contribution is 0.0601. The summed E-state index contributed by atoms with van der Waals surface area (Å²) in [4.78, 5) is 20.5. The van der Waals surface area contributed by atoms with Crippen molar-refractivity contribution < 1.29 is 9.53 Å². The van der Waals surface area contributed by atoms with Gasteiger partial charge < -0.3 is 15.0 Å². The van der Waals surface area contributed by atoms with E-state index in [1.54, 1.807) is 0 Å². The largest absolute Gasteiger partial charge is 0.465 e. The van der Waals surface area contributed by atoms with Crippen molar-refractivity contribution in [3.63, 3.8) is 0 Å². The zero-order chi connectivity index (χ0) is 23.8. The molecule has 0 saturated heterocycles. The van der Waals surface area contributed by atoms with Crippen LogP contribution < -0.4 is 5.32 Å². The Labute approximate surface area is 203 Å². The summed E-state index contributed by atoms with van der Waals surface area (Å²) >= 11 is 0. The third-order valence-corrected chi connectivity index (χ3v) is 6.57. The topological polar surface area (TPSA) is 67.0 Å². The molecule has 0 atom stereocenters. The predicted octanol–water partition coefficient (Wildman–Crippen LogP) is 7.30. The number of anilines is 2. The highest BCUT2D eigenvalue weighted by Crippen LogP contribution is 2.41. The van der Waals surface area contributed by atoms with Crippen molar-refractivity contribution in [1.29, 1.82) is 0 Å². The summed E-state index contributed by atoms with van der Waals surface area (Å²) in [5.41, 5.74) is 7.98. The first-order valence-electron chi connectivity index (χ1n) is 11.8. The van der Waals surface area contributed by atoms with E-state index in [1.165, 1.54) is 12.7 Å². The lowest BCUT2D eigenvalue weighted by atomic mass is 9.97. The number of rotatable bonds is 6. The van der Waals surface area contributed by atoms with Gasteiger partial charge in [-0.3, -0.25) is 0 Å². The molecule has 5 aromatic rings. The summed E-state index contributed by atoms with van der Waals surface area (Å²) < 4.78 is 5.05. The van der Waals surface area contributed by atoms with Gasteiger partial charge in [0.1, 0.15) is 11.4 Å². The summed E-state index contributed by atoms with van der Waals surface area (Å²) in [6.07, 6.45) is 6.10. The Morgan fingerprint density at radius 1 is 0.943 bits per heavy atom. The number of fused-ring (bicyclic) bond motifs is 1. The third-order valence-electron chi connectivity index (χ3n) is 6.57. The van der Waals surface area contributed by atoms with Crippen LogP contribution in [0.4, 0.5) is 11.5 Å². The van der Waals surface area contributed by atoms with E-state index in [1.807, 2.05) is 24.5 Å². The minimum absolute atomic E-state index is 0.388. The number of esters is 1. The van der Waals surface area contributed by atoms with Crippen molar-refractivity contribution in [2.24, 2.45) is 0 Å². The lowest BCUT2D eigenvalue weighted by Gasteiger charge is -2.14. The first-order chi connectivity index (χ1) is 17.2. The Morgan fingerprint density at radius 3 is 2.54 bits per heavy atom. The zero-order valence-corrected chi connectivity index (χ0v) is 19.4. The number of benzene rings is 3. The number of ether oxygens (including phenoxy) is 1. The lowest BCUT2D eigenvalue weighted by Crippen LogP contribution is -2.08. The maximum Gasteiger partial charge on any atom is 0.341 e. The number of aromatic nitrogens is 2. The molecule has 0 spiro atoms. The number of hydrogen-bond acceptors (Lipinski definition) is 4. The van der Waals surface area contributed by atoms with E-state index < -0.39 is 0 Å². The molecule has 0 amide bonds. The monoisotopic (exact) mass is 459 g/mol. The van der Waals surface area contributed by atoms with Gasteiger partial charge in [-0.05, 0) is 71.3 Å². The molecule has 1 aliphatic carbocycles. The highest BCUT2D eigenvalue weighted by atomic mass is 16.5. The molecule has 2 aromatic heterocycles. The molecule has 1 fully saturated rings. The van der Waals surface area contributed by atoms with E-state index in [0.29, 0.717) is 17.3 Å². The highest BCUT2D eigenvalue weighted by molar-refractivity contribution is 5.99. The minimum atomic E-state index is -0.388. The van der Waals surface area contributed by atoms with Gasteiger partial charge in [-0.1, -0.05) is 48.5 Å². The molecule has 6 rings (SSSR count). The Morgan fingerprint density at radius 2 is 1.74 bits per heavy atom. The van der Waals surface area contributed by atoms with Crippen LogP contribution in [-0.4, -0.2) is 23.0 Å². The van der Waals surface area contributed by atoms with E-state index in [9.17, 15) is 4.79 Å². The molecule has 0 unspecified atom stereocenters. The molecule has 0 aliphatic heterocycles. The van der Waals surface area contributed by atoms with Gasteiger partial charge in [0.2, 0.25) is 0 Å². The van der Waals surface area contributed by atoms with E-state index in [0.717, 1.165) is 51.7 Å². The SMILES string of the molecule is COC(=O)c1cc(C2CC2)cnc1Nc1cc(-c2cccc(-c3ccccc3)c2)c2[nH]ccc2c1. The predicted molar refractivity (Wildman–Crippen MR) is 140 cm³/mol. The summed E-state index contributed by atoms with van der Waals surface area (Å²) in [5, 5.41) is 4.46. The summed E-state index contributed by atoms with van der Waals surface area (Å²) in [5.74, 6) is 0.612. The van der Waals surface area contributed by atoms with Crippen LogP contribution in [-0.2, 0) is 4.74 Å². The van der Waals surface area contributed by atoms with Gasteiger partial charge >= 0.3 is 5.97 Å². The summed E-state index contributed by atoms with van der Waals surface area (Å²) in [7, 11) is 1.40. The minimum Gasteiger partial charge on any atom is -0.465 e. The standard InChI is InChI=1S/C30H25N3O2/c1-35-30(34)27-16-24(20-10-11-20)18-32-29(27)33-25-15-23-12-13-31-28(23)26(17-25)22-9-5-8-21(14-22)19-6-3-2-4-7-19/h2-9,12-18,20,31H,10-11H2,1H3,(H,32,33). The maximum absolute atomic E-state index is 12.5. The number of methoxy groups -OCH3 is 1. The van der Waals surface area contributed by atoms with Gasteiger partial charge in [0.25, 0.3) is 0 Å². The molecule has 0 bridgehead atoms. The number of H-pyrrole nitrogens is 1. The molecule has 1 aliphatic rings. The number of aromatic amines is 1. The molecule has 5 nitrogen and oxygen atoms in total. The van der Waals surface area contributed by atoms with Gasteiger partial charge in [-0.25, -0.2) is 9.78 Å². The summed E-state index contributed by atoms with van der Waals surface area (Å²) in [6, 6.07) is 27.0. The van der Waals surface area contributed by atoms with Gasteiger partial charge in [-0.2, -0.15) is 0 Å². The molecular formula is C30H25N3O2. The first kappa shape index (κ1) is 21.2. The number of pyridine rings is 1. The van der Waals surface area contributed by atoms with Crippen molar-refractivity contribution in [3.05, 3.63) is 102 Å². The van der Waals surface area contributed by atoms with Crippen molar-refractivity contribution in [2.45, 2.75) is 18.8 Å². The number of nitrogens with one attached hydrogen (secondary N) is 2. The van der Waals surface area contributed by atoms with E-state index in [-0.39, 0.29) is 5.97 Å².